The molecule has 1 aromatic heterocycles. The Labute approximate surface area is 412 Å². The average molecular weight is 1030 g/mol. The highest BCUT2D eigenvalue weighted by atomic mass is 35.5. The molecule has 0 radical (unpaired) electrons. The SMILES string of the molecule is CC[C@H](N)C(=O)C(=O)NC(=O)CN(C(=O)[C@H](CC1CCCCC1)NC(=O)[C@@H](NC(=O)[C@H](CC(C)C)NC(=O)c1cnccn1)[C@@H](C)CC)S(=O)(=O)c1cc(Cl)cc(S(=O)(=O)NC(=O)c2ccccc2)c1. The van der Waals surface area contributed by atoms with Crippen LogP contribution >= 0.6 is 11.6 Å². The van der Waals surface area contributed by atoms with E-state index in [1.807, 2.05) is 18.6 Å². The van der Waals surface area contributed by atoms with E-state index in [0.29, 0.717) is 25.3 Å². The van der Waals surface area contributed by atoms with Gasteiger partial charge in [0.2, 0.25) is 23.5 Å². The average Bonchev–Trinajstić information content (AvgIpc) is 3.33. The molecule has 1 saturated carbocycles. The summed E-state index contributed by atoms with van der Waals surface area (Å²) in [6.45, 7) is 7.04. The molecule has 70 heavy (non-hydrogen) atoms. The molecule has 0 spiro atoms. The third kappa shape index (κ3) is 15.7. The minimum Gasteiger partial charge on any atom is -0.342 e. The number of hydrogen-bond donors (Lipinski definition) is 6. The number of halogens is 1. The van der Waals surface area contributed by atoms with Crippen LogP contribution in [-0.2, 0) is 48.8 Å². The molecule has 1 aliphatic rings. The number of amides is 7. The molecule has 1 heterocycles. The van der Waals surface area contributed by atoms with Gasteiger partial charge in [-0.25, -0.2) is 30.8 Å². The van der Waals surface area contributed by atoms with E-state index in [1.54, 1.807) is 25.2 Å². The molecule has 0 saturated heterocycles. The van der Waals surface area contributed by atoms with Gasteiger partial charge in [0, 0.05) is 23.0 Å². The number of sulfonamides is 2. The van der Waals surface area contributed by atoms with Gasteiger partial charge in [-0.15, -0.1) is 0 Å². The van der Waals surface area contributed by atoms with Crippen molar-refractivity contribution in [3.8, 4) is 0 Å². The molecule has 1 fully saturated rings. The molecule has 380 valence electrons. The highest BCUT2D eigenvalue weighted by Crippen LogP contribution is 2.30. The van der Waals surface area contributed by atoms with Crippen LogP contribution in [0, 0.1) is 17.8 Å². The maximum atomic E-state index is 15.0. The second kappa shape index (κ2) is 25.6. The molecule has 0 bridgehead atoms. The fraction of sp³-hybridized carbons (Fsp3) is 0.478. The van der Waals surface area contributed by atoms with Crippen LogP contribution in [0.3, 0.4) is 0 Å². The zero-order valence-electron chi connectivity index (χ0n) is 39.5. The molecule has 21 nitrogen and oxygen atoms in total. The number of nitrogens with two attached hydrogens (primary N) is 1. The lowest BCUT2D eigenvalue weighted by atomic mass is 9.84. The van der Waals surface area contributed by atoms with Gasteiger partial charge >= 0.3 is 0 Å². The van der Waals surface area contributed by atoms with Crippen LogP contribution < -0.4 is 31.7 Å². The Balaban J connectivity index is 1.78. The fourth-order valence-electron chi connectivity index (χ4n) is 7.51. The third-order valence-electron chi connectivity index (χ3n) is 11.6. The van der Waals surface area contributed by atoms with Crippen LogP contribution in [0.5, 0.6) is 0 Å². The first kappa shape index (κ1) is 56.4. The molecule has 7 amide bonds. The molecule has 24 heteroatoms. The van der Waals surface area contributed by atoms with Gasteiger partial charge in [-0.2, -0.15) is 0 Å². The van der Waals surface area contributed by atoms with E-state index in [-0.39, 0.29) is 46.7 Å². The summed E-state index contributed by atoms with van der Waals surface area (Å²) in [5.74, 6) is -10.1. The summed E-state index contributed by atoms with van der Waals surface area (Å²) >= 11 is 6.30. The van der Waals surface area contributed by atoms with Crippen molar-refractivity contribution in [1.29, 1.82) is 0 Å². The Hall–Kier alpha value is -6.17. The van der Waals surface area contributed by atoms with E-state index < -0.39 is 119 Å². The molecular formula is C46H60ClN9O12S2. The van der Waals surface area contributed by atoms with E-state index in [4.69, 9.17) is 17.3 Å². The van der Waals surface area contributed by atoms with Gasteiger partial charge in [0.15, 0.2) is 0 Å². The number of imide groups is 1. The van der Waals surface area contributed by atoms with Crippen LogP contribution in [-0.4, -0.2) is 109 Å². The van der Waals surface area contributed by atoms with Gasteiger partial charge in [0.1, 0.15) is 30.4 Å². The number of nitrogens with zero attached hydrogens (tertiary/aromatic N) is 3. The van der Waals surface area contributed by atoms with Crippen molar-refractivity contribution in [2.24, 2.45) is 23.5 Å². The van der Waals surface area contributed by atoms with Crippen LogP contribution in [0.25, 0.3) is 0 Å². The van der Waals surface area contributed by atoms with Crippen molar-refractivity contribution < 1.29 is 55.2 Å². The molecule has 1 aliphatic carbocycles. The number of carbonyl (C=O) groups excluding carboxylic acids is 8. The zero-order valence-corrected chi connectivity index (χ0v) is 41.9. The van der Waals surface area contributed by atoms with Gasteiger partial charge in [0.05, 0.1) is 22.0 Å². The monoisotopic (exact) mass is 1030 g/mol. The second-order valence-corrected chi connectivity index (χ2v) is 21.4. The molecule has 4 rings (SSSR count). The summed E-state index contributed by atoms with van der Waals surface area (Å²) < 4.78 is 58.6. The van der Waals surface area contributed by atoms with Gasteiger partial charge < -0.3 is 21.7 Å². The predicted molar refractivity (Wildman–Crippen MR) is 255 cm³/mol. The Morgan fingerprint density at radius 1 is 0.800 bits per heavy atom. The highest BCUT2D eigenvalue weighted by molar-refractivity contribution is 7.90. The Morgan fingerprint density at radius 2 is 1.46 bits per heavy atom. The maximum Gasteiger partial charge on any atom is 0.295 e. The number of carbonyl (C=O) groups is 8. The van der Waals surface area contributed by atoms with Crippen LogP contribution in [0.15, 0.2) is 76.9 Å². The lowest BCUT2D eigenvalue weighted by Crippen LogP contribution is -2.60. The van der Waals surface area contributed by atoms with Crippen molar-refractivity contribution >= 4 is 78.8 Å². The minimum absolute atomic E-state index is 0.00177. The number of nitrogens with one attached hydrogen (secondary N) is 5. The molecule has 3 aromatic rings. The molecule has 5 atom stereocenters. The highest BCUT2D eigenvalue weighted by Gasteiger charge is 2.41. The van der Waals surface area contributed by atoms with Crippen molar-refractivity contribution in [2.45, 2.75) is 126 Å². The lowest BCUT2D eigenvalue weighted by Gasteiger charge is -2.33. The number of hydrogen-bond acceptors (Lipinski definition) is 15. The zero-order chi connectivity index (χ0) is 51.9. The first-order valence-electron chi connectivity index (χ1n) is 22.8. The van der Waals surface area contributed by atoms with Crippen LogP contribution in [0.4, 0.5) is 0 Å². The summed E-state index contributed by atoms with van der Waals surface area (Å²) in [6.07, 6.45) is 7.64. The van der Waals surface area contributed by atoms with Gasteiger partial charge in [-0.1, -0.05) is 103 Å². The number of rotatable bonds is 23. The minimum atomic E-state index is -5.43. The van der Waals surface area contributed by atoms with Crippen LogP contribution in [0.1, 0.15) is 113 Å². The molecule has 7 N–H and O–H groups in total. The van der Waals surface area contributed by atoms with E-state index in [1.165, 1.54) is 49.8 Å². The predicted octanol–water partition coefficient (Wildman–Crippen LogP) is 2.55. The summed E-state index contributed by atoms with van der Waals surface area (Å²) in [4.78, 5) is 115. The first-order chi connectivity index (χ1) is 33.0. The van der Waals surface area contributed by atoms with Crippen molar-refractivity contribution in [3.63, 3.8) is 0 Å². The Kier molecular flexibility index (Phi) is 20.6. The first-order valence-corrected chi connectivity index (χ1v) is 26.1. The largest absolute Gasteiger partial charge is 0.342 e. The van der Waals surface area contributed by atoms with E-state index in [2.05, 4.69) is 25.9 Å². The fourth-order valence-corrected chi connectivity index (χ4v) is 10.5. The third-order valence-corrected chi connectivity index (χ3v) is 14.9. The molecule has 0 unspecified atom stereocenters. The molecule has 0 aliphatic heterocycles. The summed E-state index contributed by atoms with van der Waals surface area (Å²) in [6, 6.07) is 3.79. The summed E-state index contributed by atoms with van der Waals surface area (Å²) in [5, 5.41) is 9.21. The number of ketones is 1. The topological polar surface area (TPSA) is 320 Å². The standard InChI is InChI=1S/C46H60ClN9O12S2/c1-6-28(5)39(54-42(60)35(20-27(3)4)51-43(61)37-25-49-18-19-50-37)44(62)52-36(21-29-14-10-8-11-15-29)46(64)56(26-38(57)53-45(63)40(58)34(48)7-2)70(67,68)33-23-31(47)22-32(24-33)69(65,66)55-41(59)30-16-12-9-13-17-30/h9,12-13,16-19,22-25,27-29,34-36,39H,6-8,10-11,14-15,20-21,26,48H2,1-5H3,(H,51,61)(H,52,62)(H,54,60)(H,55,59)(H,53,57,63)/t28-,34-,35-,36-,39-/m0/s1. The van der Waals surface area contributed by atoms with E-state index >= 15 is 4.79 Å². The Morgan fingerprint density at radius 3 is 2.06 bits per heavy atom. The van der Waals surface area contributed by atoms with Gasteiger partial charge in [-0.3, -0.25) is 48.7 Å². The summed E-state index contributed by atoms with van der Waals surface area (Å²) in [7, 11) is -10.3. The van der Waals surface area contributed by atoms with E-state index in [9.17, 15) is 50.4 Å². The smallest absolute Gasteiger partial charge is 0.295 e. The second-order valence-electron chi connectivity index (χ2n) is 17.4. The van der Waals surface area contributed by atoms with Gasteiger partial charge in [-0.05, 0) is 67.3 Å². The normalized spacial score (nSPS) is 15.3. The molecule has 2 aromatic carbocycles. The van der Waals surface area contributed by atoms with Crippen LogP contribution in [0.2, 0.25) is 5.02 Å². The van der Waals surface area contributed by atoms with Crippen molar-refractivity contribution in [1.82, 2.24) is 40.3 Å². The molecular weight excluding hydrogens is 970 g/mol. The lowest BCUT2D eigenvalue weighted by molar-refractivity contribution is -0.142. The van der Waals surface area contributed by atoms with Crippen molar-refractivity contribution in [2.75, 3.05) is 6.54 Å². The quantitative estimate of drug-likeness (QED) is 0.0744. The number of Topliss-reactive ketones (excluding diaryl/α,β-unsaturated/α-hetero) is 1. The maximum absolute atomic E-state index is 15.0. The summed E-state index contributed by atoms with van der Waals surface area (Å²) in [5.41, 5.74) is 5.57. The number of benzene rings is 2. The van der Waals surface area contributed by atoms with Gasteiger partial charge in [0.25, 0.3) is 43.7 Å². The van der Waals surface area contributed by atoms with Crippen molar-refractivity contribution in [3.05, 3.63) is 83.4 Å². The van der Waals surface area contributed by atoms with E-state index in [0.717, 1.165) is 31.4 Å². The Bertz CT molecular complexity index is 2620. The number of aromatic nitrogens is 2.